The number of carbonyl (C=O) groups is 1. The van der Waals surface area contributed by atoms with E-state index in [1.807, 2.05) is 11.8 Å². The molecule has 1 fully saturated rings. The predicted molar refractivity (Wildman–Crippen MR) is 129 cm³/mol. The molecule has 1 amide bonds. The molecule has 0 saturated carbocycles. The monoisotopic (exact) mass is 503 g/mol. The van der Waals surface area contributed by atoms with Crippen LogP contribution in [0.2, 0.25) is 0 Å². The number of hydrogen-bond donors (Lipinski definition) is 3. The van der Waals surface area contributed by atoms with Crippen molar-refractivity contribution in [3.8, 4) is 11.3 Å². The number of nitrogens with two attached hydrogens (primary N) is 1. The maximum Gasteiger partial charge on any atom is 0.274 e. The molecule has 4 N–H and O–H groups in total. The van der Waals surface area contributed by atoms with Crippen molar-refractivity contribution in [2.24, 2.45) is 11.7 Å². The van der Waals surface area contributed by atoms with E-state index < -0.39 is 46.8 Å². The van der Waals surface area contributed by atoms with Crippen LogP contribution in [0.4, 0.5) is 24.5 Å². The molecular formula is C24H24F3N5O2S. The van der Waals surface area contributed by atoms with Gasteiger partial charge in [-0.15, -0.1) is 11.8 Å². The fourth-order valence-corrected chi connectivity index (χ4v) is 4.54. The van der Waals surface area contributed by atoms with Gasteiger partial charge in [0.05, 0.1) is 29.2 Å². The zero-order valence-electron chi connectivity index (χ0n) is 19.0. The molecule has 0 radical (unpaired) electrons. The lowest BCUT2D eigenvalue weighted by Crippen LogP contribution is -2.55. The molecule has 7 nitrogen and oxygen atoms in total. The van der Waals surface area contributed by atoms with Crippen LogP contribution in [-0.4, -0.2) is 52.5 Å². The Labute approximate surface area is 204 Å². The summed E-state index contributed by atoms with van der Waals surface area (Å²) in [4.78, 5) is 23.2. The third-order valence-electron chi connectivity index (χ3n) is 5.91. The van der Waals surface area contributed by atoms with Gasteiger partial charge < -0.3 is 21.1 Å². The van der Waals surface area contributed by atoms with Crippen LogP contribution in [0.5, 0.6) is 0 Å². The molecule has 1 saturated heterocycles. The highest BCUT2D eigenvalue weighted by atomic mass is 32.2. The van der Waals surface area contributed by atoms with Crippen LogP contribution in [0.1, 0.15) is 17.4 Å². The molecule has 1 aliphatic rings. The lowest BCUT2D eigenvalue weighted by Gasteiger charge is -2.40. The summed E-state index contributed by atoms with van der Waals surface area (Å²) in [7, 11) is 0. The molecule has 2 aromatic heterocycles. The molecule has 0 bridgehead atoms. The fraction of sp³-hybridized carbons (Fsp3) is 0.292. The molecule has 0 unspecified atom stereocenters. The molecule has 3 atom stereocenters. The van der Waals surface area contributed by atoms with Gasteiger partial charge in [0.2, 0.25) is 0 Å². The van der Waals surface area contributed by atoms with E-state index in [9.17, 15) is 23.1 Å². The first-order valence-corrected chi connectivity index (χ1v) is 12.1. The van der Waals surface area contributed by atoms with Gasteiger partial charge in [0.25, 0.3) is 5.91 Å². The number of pyridine rings is 2. The quantitative estimate of drug-likeness (QED) is 0.457. The second-order valence-corrected chi connectivity index (χ2v) is 9.26. The molecule has 0 spiro atoms. The van der Waals surface area contributed by atoms with E-state index in [-0.39, 0.29) is 11.6 Å². The first-order valence-electron chi connectivity index (χ1n) is 10.8. The molecule has 4 rings (SSSR count). The van der Waals surface area contributed by atoms with Crippen LogP contribution >= 0.6 is 11.8 Å². The van der Waals surface area contributed by atoms with E-state index in [1.165, 1.54) is 6.20 Å². The first-order chi connectivity index (χ1) is 16.7. The number of aliphatic hydroxyl groups is 1. The van der Waals surface area contributed by atoms with Crippen LogP contribution in [0.3, 0.4) is 0 Å². The number of thioether (sulfide) groups is 1. The largest absolute Gasteiger partial charge is 0.391 e. The van der Waals surface area contributed by atoms with Crippen LogP contribution in [-0.2, 0) is 0 Å². The molecule has 3 aromatic rings. The highest BCUT2D eigenvalue weighted by Crippen LogP contribution is 2.32. The SMILES string of the molecule is CSc1cc(F)c(-c2nc(C(=O)Nc3cnccc3N3C[C@@H](N)[C@H](O)[C@@H](C)C3)ccc2F)c(F)c1. The minimum absolute atomic E-state index is 0.0981. The lowest BCUT2D eigenvalue weighted by molar-refractivity contribution is 0.0785. The fourth-order valence-electron chi connectivity index (χ4n) is 4.09. The Balaban J connectivity index is 1.64. The van der Waals surface area contributed by atoms with Crippen LogP contribution in [0, 0.1) is 23.4 Å². The zero-order chi connectivity index (χ0) is 25.3. The second kappa shape index (κ2) is 10.2. The molecule has 0 aliphatic carbocycles. The number of carbonyl (C=O) groups excluding carboxylic acids is 1. The summed E-state index contributed by atoms with van der Waals surface area (Å²) in [5, 5.41) is 12.8. The maximum absolute atomic E-state index is 14.6. The van der Waals surface area contributed by atoms with E-state index in [2.05, 4.69) is 15.3 Å². The second-order valence-electron chi connectivity index (χ2n) is 8.38. The smallest absolute Gasteiger partial charge is 0.274 e. The standard InChI is InChI=1S/C24H24F3N5O2S/c1-12-10-32(11-17(28)23(12)33)20-5-6-29-9-19(20)31-24(34)18-4-3-14(25)22(30-18)21-15(26)7-13(35-2)8-16(21)27/h3-9,12,17,23,33H,10-11,28H2,1-2H3,(H,31,34)/t12-,17+,23+/m0/s1. The Hall–Kier alpha value is -3.15. The summed E-state index contributed by atoms with van der Waals surface area (Å²) < 4.78 is 43.7. The summed E-state index contributed by atoms with van der Waals surface area (Å²) >= 11 is 1.14. The van der Waals surface area contributed by atoms with Gasteiger partial charge in [0.1, 0.15) is 28.8 Å². The summed E-state index contributed by atoms with van der Waals surface area (Å²) in [6, 6.07) is 5.47. The zero-order valence-corrected chi connectivity index (χ0v) is 19.8. The molecule has 184 valence electrons. The Kier molecular flexibility index (Phi) is 7.29. The normalized spacial score (nSPS) is 20.1. The van der Waals surface area contributed by atoms with E-state index >= 15 is 0 Å². The number of benzene rings is 1. The Bertz CT molecular complexity index is 1230. The molecule has 1 aromatic carbocycles. The summed E-state index contributed by atoms with van der Waals surface area (Å²) in [5.41, 5.74) is 5.57. The highest BCUT2D eigenvalue weighted by molar-refractivity contribution is 7.98. The van der Waals surface area contributed by atoms with Crippen molar-refractivity contribution in [3.63, 3.8) is 0 Å². The number of nitrogens with one attached hydrogen (secondary N) is 1. The lowest BCUT2D eigenvalue weighted by atomic mass is 9.92. The molecule has 11 heteroatoms. The van der Waals surface area contributed by atoms with Crippen molar-refractivity contribution < 1.29 is 23.1 Å². The number of nitrogens with zero attached hydrogens (tertiary/aromatic N) is 3. The van der Waals surface area contributed by atoms with E-state index in [4.69, 9.17) is 5.73 Å². The number of aromatic nitrogens is 2. The van der Waals surface area contributed by atoms with Crippen LogP contribution in [0.25, 0.3) is 11.3 Å². The van der Waals surface area contributed by atoms with Gasteiger partial charge in [-0.3, -0.25) is 9.78 Å². The Morgan fingerprint density at radius 2 is 1.89 bits per heavy atom. The van der Waals surface area contributed by atoms with Gasteiger partial charge in [-0.1, -0.05) is 6.92 Å². The van der Waals surface area contributed by atoms with Gasteiger partial charge in [-0.25, -0.2) is 18.2 Å². The number of rotatable bonds is 5. The van der Waals surface area contributed by atoms with Gasteiger partial charge in [0, 0.05) is 36.1 Å². The van der Waals surface area contributed by atoms with Gasteiger partial charge >= 0.3 is 0 Å². The highest BCUT2D eigenvalue weighted by Gasteiger charge is 2.32. The van der Waals surface area contributed by atoms with Gasteiger partial charge in [0.15, 0.2) is 0 Å². The van der Waals surface area contributed by atoms with Crippen molar-refractivity contribution >= 4 is 29.0 Å². The minimum Gasteiger partial charge on any atom is -0.391 e. The maximum atomic E-state index is 14.6. The number of amides is 1. The predicted octanol–water partition coefficient (Wildman–Crippen LogP) is 3.68. The van der Waals surface area contributed by atoms with Crippen molar-refractivity contribution in [1.82, 2.24) is 9.97 Å². The first kappa shape index (κ1) is 25.0. The Morgan fingerprint density at radius 1 is 1.17 bits per heavy atom. The number of hydrogen-bond acceptors (Lipinski definition) is 7. The van der Waals surface area contributed by atoms with Crippen LogP contribution < -0.4 is 16.0 Å². The summed E-state index contributed by atoms with van der Waals surface area (Å²) in [6.07, 6.45) is 4.02. The average molecular weight is 504 g/mol. The number of halogens is 3. The third kappa shape index (κ3) is 5.12. The molecule has 3 heterocycles. The van der Waals surface area contributed by atoms with Crippen molar-refractivity contribution in [3.05, 3.63) is 65.9 Å². The Morgan fingerprint density at radius 3 is 2.54 bits per heavy atom. The number of piperidine rings is 1. The van der Waals surface area contributed by atoms with E-state index in [0.717, 1.165) is 36.0 Å². The summed E-state index contributed by atoms with van der Waals surface area (Å²) in [6.45, 7) is 2.75. The molecular weight excluding hydrogens is 479 g/mol. The van der Waals surface area contributed by atoms with Crippen molar-refractivity contribution in [2.45, 2.75) is 24.0 Å². The molecule has 35 heavy (non-hydrogen) atoms. The average Bonchev–Trinajstić information content (AvgIpc) is 2.83. The number of aliphatic hydroxyl groups excluding tert-OH is 1. The van der Waals surface area contributed by atoms with Gasteiger partial charge in [-0.05, 0) is 36.6 Å². The van der Waals surface area contributed by atoms with Gasteiger partial charge in [-0.2, -0.15) is 0 Å². The number of anilines is 2. The summed E-state index contributed by atoms with van der Waals surface area (Å²) in [5.74, 6) is -3.74. The topological polar surface area (TPSA) is 104 Å². The third-order valence-corrected chi connectivity index (χ3v) is 6.62. The minimum atomic E-state index is -0.981. The molecule has 1 aliphatic heterocycles. The van der Waals surface area contributed by atoms with E-state index in [0.29, 0.717) is 29.4 Å². The van der Waals surface area contributed by atoms with Crippen molar-refractivity contribution in [2.75, 3.05) is 29.6 Å². The van der Waals surface area contributed by atoms with E-state index in [1.54, 1.807) is 18.5 Å². The van der Waals surface area contributed by atoms with Crippen molar-refractivity contribution in [1.29, 1.82) is 0 Å². The van der Waals surface area contributed by atoms with Crippen LogP contribution in [0.15, 0.2) is 47.6 Å².